The highest BCUT2D eigenvalue weighted by molar-refractivity contribution is 5.75. The number of aliphatic carboxylic acids is 1. The lowest BCUT2D eigenvalue weighted by molar-refractivity contribution is -0.935. The van der Waals surface area contributed by atoms with Gasteiger partial charge in [-0.1, -0.05) is 44.9 Å². The molecule has 136 valence electrons. The molecule has 2 N–H and O–H groups in total. The van der Waals surface area contributed by atoms with Crippen molar-refractivity contribution in [2.45, 2.75) is 89.0 Å². The van der Waals surface area contributed by atoms with Gasteiger partial charge in [0.1, 0.15) is 11.5 Å². The van der Waals surface area contributed by atoms with E-state index in [0.29, 0.717) is 11.0 Å². The number of nitrogens with two attached hydrogens (primary N) is 1. The minimum absolute atomic E-state index is 0.537. The van der Waals surface area contributed by atoms with Crippen LogP contribution in [0, 0.1) is 0 Å². The maximum atomic E-state index is 12.2. The average molecular weight is 327 g/mol. The Balaban J connectivity index is 2.86. The molecule has 0 spiro atoms. The molecule has 0 aromatic rings. The van der Waals surface area contributed by atoms with Crippen molar-refractivity contribution in [1.29, 1.82) is 0 Å². The summed E-state index contributed by atoms with van der Waals surface area (Å²) >= 11 is 0. The summed E-state index contributed by atoms with van der Waals surface area (Å²) in [5.41, 5.74) is 4.88. The largest absolute Gasteiger partial charge is 0.544 e. The molecule has 0 unspecified atom stereocenters. The monoisotopic (exact) mass is 326 g/mol. The normalized spacial score (nSPS) is 21.2. The Morgan fingerprint density at radius 1 is 0.913 bits per heavy atom. The summed E-state index contributed by atoms with van der Waals surface area (Å²) in [4.78, 5) is 12.2. The van der Waals surface area contributed by atoms with Crippen LogP contribution >= 0.6 is 0 Å². The van der Waals surface area contributed by atoms with Crippen LogP contribution in [0.5, 0.6) is 0 Å². The zero-order chi connectivity index (χ0) is 17.2. The predicted octanol–water partition coefficient (Wildman–Crippen LogP) is 2.60. The lowest BCUT2D eigenvalue weighted by Crippen LogP contribution is -2.68. The number of carboxylic acid groups (broad SMARTS) is 1. The maximum absolute atomic E-state index is 12.2. The summed E-state index contributed by atoms with van der Waals surface area (Å²) < 4.78 is 0.537. The summed E-state index contributed by atoms with van der Waals surface area (Å²) in [5.74, 6) is -0.840. The van der Waals surface area contributed by atoms with E-state index < -0.39 is 11.5 Å². The molecular weight excluding hydrogens is 288 g/mol. The second-order valence-electron chi connectivity index (χ2n) is 7.91. The van der Waals surface area contributed by atoms with Gasteiger partial charge in [0.15, 0.2) is 0 Å². The van der Waals surface area contributed by atoms with Gasteiger partial charge in [-0.25, -0.2) is 0 Å². The first-order valence-corrected chi connectivity index (χ1v) is 9.71. The van der Waals surface area contributed by atoms with Crippen LogP contribution in [0.25, 0.3) is 0 Å². The summed E-state index contributed by atoms with van der Waals surface area (Å²) in [6.07, 6.45) is 14.2. The van der Waals surface area contributed by atoms with Crippen LogP contribution in [0.1, 0.15) is 83.5 Å². The third-order valence-corrected chi connectivity index (χ3v) is 5.89. The number of quaternary nitrogens is 1. The SMILES string of the molecule is C[N+](C)(CCCCN)C1(C(=O)[O-])CCCCCCCCCCC1. The van der Waals surface area contributed by atoms with Gasteiger partial charge in [-0.2, -0.15) is 0 Å². The molecule has 1 saturated carbocycles. The Labute approximate surface area is 143 Å². The Morgan fingerprint density at radius 2 is 1.35 bits per heavy atom. The number of hydrogen-bond donors (Lipinski definition) is 1. The van der Waals surface area contributed by atoms with E-state index in [9.17, 15) is 9.90 Å². The third kappa shape index (κ3) is 6.07. The number of rotatable bonds is 6. The van der Waals surface area contributed by atoms with Gasteiger partial charge in [0.2, 0.25) is 0 Å². The van der Waals surface area contributed by atoms with Crippen LogP contribution in [0.4, 0.5) is 0 Å². The van der Waals surface area contributed by atoms with Crippen molar-refractivity contribution >= 4 is 5.97 Å². The van der Waals surface area contributed by atoms with E-state index in [4.69, 9.17) is 5.73 Å². The number of nitrogens with zero attached hydrogens (tertiary/aromatic N) is 1. The number of likely N-dealkylation sites (N-methyl/N-ethyl adjacent to an activating group) is 1. The summed E-state index contributed by atoms with van der Waals surface area (Å²) in [5, 5.41) is 12.2. The van der Waals surface area contributed by atoms with Crippen LogP contribution in [-0.4, -0.2) is 43.2 Å². The molecule has 0 heterocycles. The summed E-state index contributed by atoms with van der Waals surface area (Å²) in [6.45, 7) is 1.55. The quantitative estimate of drug-likeness (QED) is 0.602. The van der Waals surface area contributed by atoms with E-state index in [1.807, 2.05) is 0 Å². The molecule has 4 nitrogen and oxygen atoms in total. The van der Waals surface area contributed by atoms with Crippen molar-refractivity contribution in [1.82, 2.24) is 0 Å². The molecule has 0 saturated heterocycles. The van der Waals surface area contributed by atoms with Gasteiger partial charge in [-0.3, -0.25) is 0 Å². The van der Waals surface area contributed by atoms with Crippen LogP contribution in [0.3, 0.4) is 0 Å². The first-order valence-electron chi connectivity index (χ1n) is 9.71. The van der Waals surface area contributed by atoms with Crippen LogP contribution in [-0.2, 0) is 4.79 Å². The van der Waals surface area contributed by atoms with Crippen LogP contribution in [0.15, 0.2) is 0 Å². The van der Waals surface area contributed by atoms with E-state index in [2.05, 4.69) is 14.1 Å². The van der Waals surface area contributed by atoms with E-state index in [1.165, 1.54) is 32.1 Å². The first-order chi connectivity index (χ1) is 11.0. The van der Waals surface area contributed by atoms with Gasteiger partial charge < -0.3 is 20.1 Å². The van der Waals surface area contributed by atoms with Crippen molar-refractivity contribution in [3.05, 3.63) is 0 Å². The molecule has 1 rings (SSSR count). The van der Waals surface area contributed by atoms with Crippen molar-refractivity contribution in [3.8, 4) is 0 Å². The van der Waals surface area contributed by atoms with E-state index >= 15 is 0 Å². The maximum Gasteiger partial charge on any atom is 0.139 e. The summed E-state index contributed by atoms with van der Waals surface area (Å²) in [7, 11) is 4.16. The van der Waals surface area contributed by atoms with Crippen LogP contribution in [0.2, 0.25) is 0 Å². The highest BCUT2D eigenvalue weighted by atomic mass is 16.4. The molecule has 0 bridgehead atoms. The van der Waals surface area contributed by atoms with Gasteiger partial charge in [-0.15, -0.1) is 0 Å². The lowest BCUT2D eigenvalue weighted by Gasteiger charge is -2.50. The molecule has 4 heteroatoms. The molecule has 23 heavy (non-hydrogen) atoms. The number of hydrogen-bond acceptors (Lipinski definition) is 3. The van der Waals surface area contributed by atoms with Crippen LogP contribution < -0.4 is 10.8 Å². The molecule has 0 amide bonds. The third-order valence-electron chi connectivity index (χ3n) is 5.89. The van der Waals surface area contributed by atoms with Gasteiger partial charge in [0, 0.05) is 12.8 Å². The molecule has 1 fully saturated rings. The fourth-order valence-corrected chi connectivity index (χ4v) is 4.12. The van der Waals surface area contributed by atoms with Crippen molar-refractivity contribution in [3.63, 3.8) is 0 Å². The summed E-state index contributed by atoms with van der Waals surface area (Å²) in [6, 6.07) is 0. The number of carboxylic acids is 1. The van der Waals surface area contributed by atoms with Gasteiger partial charge in [-0.05, 0) is 32.2 Å². The number of carbonyl (C=O) groups excluding carboxylic acids is 1. The number of unbranched alkanes of at least 4 members (excludes halogenated alkanes) is 1. The average Bonchev–Trinajstić information content (AvgIpc) is 2.47. The van der Waals surface area contributed by atoms with Gasteiger partial charge >= 0.3 is 0 Å². The standard InChI is InChI=1S/C19H38N2O2/c1-21(2,17-13-12-16-20)19(18(22)23)14-10-8-6-4-3-5-7-9-11-15-19/h3-17,20H2,1-2H3. The topological polar surface area (TPSA) is 66.2 Å². The van der Waals surface area contributed by atoms with E-state index in [1.54, 1.807) is 0 Å². The minimum Gasteiger partial charge on any atom is -0.544 e. The lowest BCUT2D eigenvalue weighted by atomic mass is 9.82. The molecule has 1 aliphatic carbocycles. The fourth-order valence-electron chi connectivity index (χ4n) is 4.12. The van der Waals surface area contributed by atoms with Crippen molar-refractivity contribution in [2.24, 2.45) is 5.73 Å². The number of carbonyl (C=O) groups is 1. The highest BCUT2D eigenvalue weighted by Gasteiger charge is 2.45. The van der Waals surface area contributed by atoms with Crippen molar-refractivity contribution in [2.75, 3.05) is 27.2 Å². The molecule has 0 aliphatic heterocycles. The van der Waals surface area contributed by atoms with Crippen molar-refractivity contribution < 1.29 is 14.4 Å². The van der Waals surface area contributed by atoms with E-state index in [-0.39, 0.29) is 0 Å². The first kappa shape index (κ1) is 20.4. The second-order valence-corrected chi connectivity index (χ2v) is 7.91. The molecule has 0 aromatic carbocycles. The fraction of sp³-hybridized carbons (Fsp3) is 0.947. The Bertz CT molecular complexity index is 330. The Kier molecular flexibility index (Phi) is 9.15. The van der Waals surface area contributed by atoms with Gasteiger partial charge in [0.25, 0.3) is 0 Å². The Hall–Kier alpha value is -0.610. The smallest absolute Gasteiger partial charge is 0.139 e. The molecular formula is C19H38N2O2. The zero-order valence-corrected chi connectivity index (χ0v) is 15.4. The van der Waals surface area contributed by atoms with E-state index in [0.717, 1.165) is 57.9 Å². The molecule has 0 radical (unpaired) electrons. The molecule has 1 aliphatic rings. The molecule has 0 aromatic heterocycles. The molecule has 0 atom stereocenters. The van der Waals surface area contributed by atoms with Gasteiger partial charge in [0.05, 0.1) is 20.6 Å². The Morgan fingerprint density at radius 3 is 1.74 bits per heavy atom. The minimum atomic E-state index is -0.840. The second kappa shape index (κ2) is 10.3. The zero-order valence-electron chi connectivity index (χ0n) is 15.4. The predicted molar refractivity (Wildman–Crippen MR) is 93.8 cm³/mol. The highest BCUT2D eigenvalue weighted by Crippen LogP contribution is 2.34.